The van der Waals surface area contributed by atoms with Crippen molar-refractivity contribution in [2.75, 3.05) is 27.3 Å². The number of rotatable bonds is 6. The van der Waals surface area contributed by atoms with Crippen LogP contribution in [0.15, 0.2) is 53.5 Å². The summed E-state index contributed by atoms with van der Waals surface area (Å²) in [7, 11) is 3.42. The van der Waals surface area contributed by atoms with Crippen LogP contribution in [0.1, 0.15) is 24.9 Å². The van der Waals surface area contributed by atoms with Crippen molar-refractivity contribution < 1.29 is 14.2 Å². The van der Waals surface area contributed by atoms with Gasteiger partial charge < -0.3 is 24.8 Å². The van der Waals surface area contributed by atoms with Crippen molar-refractivity contribution in [1.82, 2.24) is 10.6 Å². The van der Waals surface area contributed by atoms with Crippen LogP contribution in [-0.2, 0) is 0 Å². The van der Waals surface area contributed by atoms with E-state index in [1.54, 1.807) is 14.2 Å². The van der Waals surface area contributed by atoms with Gasteiger partial charge in [-0.2, -0.15) is 0 Å². The maximum atomic E-state index is 5.95. The van der Waals surface area contributed by atoms with Crippen LogP contribution in [0, 0.1) is 0 Å². The number of nitrogens with zero attached hydrogens (tertiary/aromatic N) is 1. The van der Waals surface area contributed by atoms with E-state index in [1.165, 1.54) is 0 Å². The first-order chi connectivity index (χ1) is 13.2. The average Bonchev–Trinajstić information content (AvgIpc) is 2.71. The first kappa shape index (κ1) is 18.9. The van der Waals surface area contributed by atoms with Gasteiger partial charge in [-0.05, 0) is 25.1 Å². The number of aliphatic imine (C=N–C) groups is 1. The van der Waals surface area contributed by atoms with E-state index in [2.05, 4.69) is 21.7 Å². The maximum Gasteiger partial charge on any atom is 0.191 e. The number of nitrogens with one attached hydrogen (secondary N) is 2. The zero-order chi connectivity index (χ0) is 19.1. The molecule has 6 nitrogen and oxygen atoms in total. The maximum absolute atomic E-state index is 5.95. The number of guanidine groups is 1. The largest absolute Gasteiger partial charge is 0.497 e. The molecule has 0 bridgehead atoms. The quantitative estimate of drug-likeness (QED) is 0.605. The Morgan fingerprint density at radius 3 is 2.85 bits per heavy atom. The van der Waals surface area contributed by atoms with Gasteiger partial charge in [0, 0.05) is 25.1 Å². The van der Waals surface area contributed by atoms with E-state index in [0.29, 0.717) is 13.2 Å². The lowest BCUT2D eigenvalue weighted by atomic mass is 10.0. The molecule has 3 rings (SSSR count). The zero-order valence-corrected chi connectivity index (χ0v) is 16.1. The number of fused-ring (bicyclic) bond motifs is 1. The summed E-state index contributed by atoms with van der Waals surface area (Å²) >= 11 is 0. The van der Waals surface area contributed by atoms with E-state index in [-0.39, 0.29) is 12.1 Å². The Labute approximate surface area is 160 Å². The molecule has 27 heavy (non-hydrogen) atoms. The second-order valence-corrected chi connectivity index (χ2v) is 6.43. The molecule has 6 heteroatoms. The fraction of sp³-hybridized carbons (Fsp3) is 0.381. The predicted octanol–water partition coefficient (Wildman–Crippen LogP) is 3.15. The first-order valence-electron chi connectivity index (χ1n) is 9.19. The molecule has 2 aromatic carbocycles. The Kier molecular flexibility index (Phi) is 6.41. The van der Waals surface area contributed by atoms with Gasteiger partial charge in [0.1, 0.15) is 23.4 Å². The van der Waals surface area contributed by atoms with Gasteiger partial charge in [-0.3, -0.25) is 4.99 Å². The Morgan fingerprint density at radius 2 is 2.04 bits per heavy atom. The summed E-state index contributed by atoms with van der Waals surface area (Å²) in [6.07, 6.45) is 0.866. The van der Waals surface area contributed by atoms with E-state index in [0.717, 1.165) is 35.2 Å². The fourth-order valence-corrected chi connectivity index (χ4v) is 3.04. The van der Waals surface area contributed by atoms with E-state index < -0.39 is 0 Å². The first-order valence-corrected chi connectivity index (χ1v) is 9.19. The molecule has 0 amide bonds. The highest BCUT2D eigenvalue weighted by molar-refractivity contribution is 5.80. The summed E-state index contributed by atoms with van der Waals surface area (Å²) in [5, 5.41) is 6.82. The third-order valence-electron chi connectivity index (χ3n) is 4.43. The number of para-hydroxylation sites is 1. The number of hydrogen-bond donors (Lipinski definition) is 2. The van der Waals surface area contributed by atoms with Gasteiger partial charge >= 0.3 is 0 Å². The van der Waals surface area contributed by atoms with Gasteiger partial charge in [-0.25, -0.2) is 0 Å². The van der Waals surface area contributed by atoms with E-state index in [9.17, 15) is 0 Å². The second-order valence-electron chi connectivity index (χ2n) is 6.43. The van der Waals surface area contributed by atoms with Crippen LogP contribution in [0.4, 0.5) is 0 Å². The molecule has 2 aromatic rings. The molecule has 2 atom stereocenters. The predicted molar refractivity (Wildman–Crippen MR) is 107 cm³/mol. The van der Waals surface area contributed by atoms with E-state index in [4.69, 9.17) is 14.2 Å². The van der Waals surface area contributed by atoms with Crippen LogP contribution in [0.25, 0.3) is 0 Å². The van der Waals surface area contributed by atoms with Gasteiger partial charge in [0.25, 0.3) is 0 Å². The van der Waals surface area contributed by atoms with Crippen molar-refractivity contribution in [3.63, 3.8) is 0 Å². The molecule has 1 aliphatic heterocycles. The van der Waals surface area contributed by atoms with Crippen molar-refractivity contribution in [2.24, 2.45) is 4.99 Å². The number of methoxy groups -OCH3 is 1. The molecule has 0 radical (unpaired) electrons. The van der Waals surface area contributed by atoms with Crippen molar-refractivity contribution in [1.29, 1.82) is 0 Å². The topological polar surface area (TPSA) is 64.1 Å². The minimum absolute atomic E-state index is 0.0300. The molecule has 0 fully saturated rings. The van der Waals surface area contributed by atoms with Crippen LogP contribution >= 0.6 is 0 Å². The van der Waals surface area contributed by atoms with Crippen LogP contribution in [0.3, 0.4) is 0 Å². The van der Waals surface area contributed by atoms with Crippen molar-refractivity contribution in [2.45, 2.75) is 25.5 Å². The number of ether oxygens (including phenoxy) is 3. The smallest absolute Gasteiger partial charge is 0.191 e. The molecule has 0 saturated heterocycles. The Hall–Kier alpha value is -2.89. The third-order valence-corrected chi connectivity index (χ3v) is 4.43. The second kappa shape index (κ2) is 9.16. The standard InChI is InChI=1S/C21H27N3O3/c1-15(27-17-8-6-7-16(13-17)25-3)14-23-21(22-2)24-19-11-12-26-20-10-5-4-9-18(19)20/h4-10,13,15,19H,11-12,14H2,1-3H3,(H2,22,23,24). The minimum atomic E-state index is -0.0300. The molecule has 0 aliphatic carbocycles. The van der Waals surface area contributed by atoms with Crippen molar-refractivity contribution in [3.05, 3.63) is 54.1 Å². The minimum Gasteiger partial charge on any atom is -0.497 e. The summed E-state index contributed by atoms with van der Waals surface area (Å²) in [6.45, 7) is 3.34. The molecule has 0 aromatic heterocycles. The van der Waals surface area contributed by atoms with Gasteiger partial charge in [0.2, 0.25) is 0 Å². The molecule has 2 unspecified atom stereocenters. The lowest BCUT2D eigenvalue weighted by Crippen LogP contribution is -2.44. The van der Waals surface area contributed by atoms with Crippen LogP contribution in [0.5, 0.6) is 17.2 Å². The van der Waals surface area contributed by atoms with Crippen molar-refractivity contribution >= 4 is 5.96 Å². The van der Waals surface area contributed by atoms with Gasteiger partial charge in [-0.1, -0.05) is 24.3 Å². The summed E-state index contributed by atoms with van der Waals surface area (Å²) in [5.74, 6) is 3.25. The molecule has 1 heterocycles. The lowest BCUT2D eigenvalue weighted by Gasteiger charge is -2.28. The SMILES string of the molecule is CN=C(NCC(C)Oc1cccc(OC)c1)NC1CCOc2ccccc21. The van der Waals surface area contributed by atoms with Gasteiger partial charge in [0.05, 0.1) is 26.3 Å². The molecular formula is C21H27N3O3. The van der Waals surface area contributed by atoms with E-state index >= 15 is 0 Å². The summed E-state index contributed by atoms with van der Waals surface area (Å²) < 4.78 is 16.9. The molecule has 144 valence electrons. The zero-order valence-electron chi connectivity index (χ0n) is 16.1. The van der Waals surface area contributed by atoms with Crippen LogP contribution < -0.4 is 24.8 Å². The molecule has 0 saturated carbocycles. The number of hydrogen-bond acceptors (Lipinski definition) is 4. The molecule has 2 N–H and O–H groups in total. The Bertz CT molecular complexity index is 779. The third kappa shape index (κ3) is 5.06. The van der Waals surface area contributed by atoms with Crippen LogP contribution in [0.2, 0.25) is 0 Å². The van der Waals surface area contributed by atoms with E-state index in [1.807, 2.05) is 49.4 Å². The highest BCUT2D eigenvalue weighted by Gasteiger charge is 2.21. The lowest BCUT2D eigenvalue weighted by molar-refractivity contribution is 0.222. The average molecular weight is 369 g/mol. The fourth-order valence-electron chi connectivity index (χ4n) is 3.04. The molecular weight excluding hydrogens is 342 g/mol. The van der Waals surface area contributed by atoms with Gasteiger partial charge in [0.15, 0.2) is 5.96 Å². The highest BCUT2D eigenvalue weighted by Crippen LogP contribution is 2.31. The molecule has 0 spiro atoms. The summed E-state index contributed by atoms with van der Waals surface area (Å²) in [4.78, 5) is 4.34. The normalized spacial score (nSPS) is 17.3. The number of benzene rings is 2. The molecule has 1 aliphatic rings. The van der Waals surface area contributed by atoms with Crippen LogP contribution in [-0.4, -0.2) is 39.4 Å². The monoisotopic (exact) mass is 369 g/mol. The Morgan fingerprint density at radius 1 is 1.22 bits per heavy atom. The highest BCUT2D eigenvalue weighted by atomic mass is 16.5. The summed E-state index contributed by atoms with van der Waals surface area (Å²) in [5.41, 5.74) is 1.16. The Balaban J connectivity index is 1.53. The summed E-state index contributed by atoms with van der Waals surface area (Å²) in [6, 6.07) is 15.9. The van der Waals surface area contributed by atoms with Gasteiger partial charge in [-0.15, -0.1) is 0 Å². The van der Waals surface area contributed by atoms with Crippen molar-refractivity contribution in [3.8, 4) is 17.2 Å².